The Morgan fingerprint density at radius 2 is 1.89 bits per heavy atom. The monoisotopic (exact) mass is 383 g/mol. The molecule has 0 aliphatic heterocycles. The number of hydrogen-bond acceptors (Lipinski definition) is 5. The Labute approximate surface area is 162 Å². The summed E-state index contributed by atoms with van der Waals surface area (Å²) < 4.78 is 8.54. The van der Waals surface area contributed by atoms with Gasteiger partial charge in [-0.05, 0) is 31.9 Å². The number of nitrogens with one attached hydrogen (secondary N) is 1. The van der Waals surface area contributed by atoms with Crippen LogP contribution in [0.4, 0.5) is 0 Å². The van der Waals surface area contributed by atoms with E-state index in [1.807, 2.05) is 31.2 Å². The van der Waals surface area contributed by atoms with Gasteiger partial charge in [-0.15, -0.1) is 0 Å². The third-order valence-electron chi connectivity index (χ3n) is 5.60. The first-order valence-electron chi connectivity index (χ1n) is 9.84. The lowest BCUT2D eigenvalue weighted by molar-refractivity contribution is -0.123. The SMILES string of the molecule is CCn1c(=O)n(CCC(=O)NC2(c3noc(C)n3)CCCC2)c2ccccc21. The summed E-state index contributed by atoms with van der Waals surface area (Å²) in [6, 6.07) is 7.68. The average Bonchev–Trinajstić information content (AvgIpc) is 3.38. The highest BCUT2D eigenvalue weighted by atomic mass is 16.5. The molecule has 4 rings (SSSR count). The number of para-hydroxylation sites is 2. The molecule has 0 atom stereocenters. The first-order chi connectivity index (χ1) is 13.5. The van der Waals surface area contributed by atoms with Crippen LogP contribution in [-0.4, -0.2) is 25.2 Å². The van der Waals surface area contributed by atoms with Gasteiger partial charge in [-0.1, -0.05) is 30.1 Å². The summed E-state index contributed by atoms with van der Waals surface area (Å²) in [5.41, 5.74) is 1.11. The second kappa shape index (κ2) is 7.26. The van der Waals surface area contributed by atoms with E-state index in [1.54, 1.807) is 16.1 Å². The van der Waals surface area contributed by atoms with Crippen molar-refractivity contribution in [1.82, 2.24) is 24.6 Å². The van der Waals surface area contributed by atoms with Crippen LogP contribution in [-0.2, 0) is 23.4 Å². The van der Waals surface area contributed by atoms with Crippen LogP contribution in [0.2, 0.25) is 0 Å². The molecule has 1 N–H and O–H groups in total. The topological polar surface area (TPSA) is 95.0 Å². The maximum absolute atomic E-state index is 12.8. The normalized spacial score (nSPS) is 15.9. The lowest BCUT2D eigenvalue weighted by atomic mass is 9.96. The van der Waals surface area contributed by atoms with Gasteiger partial charge in [0.1, 0.15) is 5.54 Å². The number of carbonyl (C=O) groups excluding carboxylic acids is 1. The van der Waals surface area contributed by atoms with Gasteiger partial charge in [-0.25, -0.2) is 4.79 Å². The molecule has 28 heavy (non-hydrogen) atoms. The molecule has 2 heterocycles. The highest BCUT2D eigenvalue weighted by Crippen LogP contribution is 2.37. The van der Waals surface area contributed by atoms with E-state index in [2.05, 4.69) is 15.5 Å². The molecule has 8 nitrogen and oxygen atoms in total. The molecule has 8 heteroatoms. The molecule has 1 aliphatic rings. The number of benzene rings is 1. The van der Waals surface area contributed by atoms with Gasteiger partial charge in [-0.2, -0.15) is 4.98 Å². The van der Waals surface area contributed by atoms with Crippen molar-refractivity contribution in [2.45, 2.75) is 64.6 Å². The molecule has 1 aromatic carbocycles. The van der Waals surface area contributed by atoms with Crippen molar-refractivity contribution >= 4 is 16.9 Å². The molecule has 0 radical (unpaired) electrons. The van der Waals surface area contributed by atoms with Crippen LogP contribution in [0.15, 0.2) is 33.6 Å². The van der Waals surface area contributed by atoms with Gasteiger partial charge in [0.15, 0.2) is 5.82 Å². The van der Waals surface area contributed by atoms with Crippen LogP contribution < -0.4 is 11.0 Å². The molecule has 0 spiro atoms. The van der Waals surface area contributed by atoms with Gasteiger partial charge in [0.25, 0.3) is 0 Å². The summed E-state index contributed by atoms with van der Waals surface area (Å²) in [6.45, 7) is 4.62. The number of aryl methyl sites for hydroxylation is 3. The second-order valence-electron chi connectivity index (χ2n) is 7.39. The molecule has 148 valence electrons. The van der Waals surface area contributed by atoms with Gasteiger partial charge in [0, 0.05) is 26.4 Å². The van der Waals surface area contributed by atoms with Crippen LogP contribution in [0.3, 0.4) is 0 Å². The molecule has 0 bridgehead atoms. The quantitative estimate of drug-likeness (QED) is 0.706. The third-order valence-corrected chi connectivity index (χ3v) is 5.60. The Kier molecular flexibility index (Phi) is 4.78. The summed E-state index contributed by atoms with van der Waals surface area (Å²) in [4.78, 5) is 29.8. The van der Waals surface area contributed by atoms with Crippen LogP contribution in [0, 0.1) is 6.92 Å². The Balaban J connectivity index is 1.53. The van der Waals surface area contributed by atoms with E-state index in [4.69, 9.17) is 4.52 Å². The first kappa shape index (κ1) is 18.5. The van der Waals surface area contributed by atoms with E-state index < -0.39 is 5.54 Å². The number of amides is 1. The Morgan fingerprint density at radius 3 is 2.50 bits per heavy atom. The van der Waals surface area contributed by atoms with Crippen LogP contribution >= 0.6 is 0 Å². The van der Waals surface area contributed by atoms with Gasteiger partial charge in [0.05, 0.1) is 11.0 Å². The molecular formula is C20H25N5O3. The van der Waals surface area contributed by atoms with Crippen LogP contribution in [0.5, 0.6) is 0 Å². The van der Waals surface area contributed by atoms with E-state index in [1.165, 1.54) is 0 Å². The molecule has 1 saturated carbocycles. The summed E-state index contributed by atoms with van der Waals surface area (Å²) >= 11 is 0. The number of hydrogen-bond donors (Lipinski definition) is 1. The molecule has 1 fully saturated rings. The summed E-state index contributed by atoms with van der Waals surface area (Å²) in [7, 11) is 0. The molecule has 0 saturated heterocycles. The lowest BCUT2D eigenvalue weighted by Crippen LogP contribution is -2.45. The summed E-state index contributed by atoms with van der Waals surface area (Å²) in [6.07, 6.45) is 3.84. The average molecular weight is 383 g/mol. The molecule has 1 amide bonds. The van der Waals surface area contributed by atoms with Crippen molar-refractivity contribution in [2.75, 3.05) is 0 Å². The van der Waals surface area contributed by atoms with Gasteiger partial charge >= 0.3 is 5.69 Å². The van der Waals surface area contributed by atoms with Crippen LogP contribution in [0.25, 0.3) is 11.0 Å². The number of nitrogens with zero attached hydrogens (tertiary/aromatic N) is 4. The highest BCUT2D eigenvalue weighted by molar-refractivity contribution is 5.78. The molecular weight excluding hydrogens is 358 g/mol. The van der Waals surface area contributed by atoms with Crippen molar-refractivity contribution in [2.24, 2.45) is 0 Å². The molecule has 0 unspecified atom stereocenters. The smallest absolute Gasteiger partial charge is 0.329 e. The number of rotatable bonds is 6. The van der Waals surface area contributed by atoms with Gasteiger partial charge in [-0.3, -0.25) is 13.9 Å². The zero-order valence-corrected chi connectivity index (χ0v) is 16.3. The Bertz CT molecular complexity index is 1060. The molecule has 2 aromatic heterocycles. The van der Waals surface area contributed by atoms with Crippen molar-refractivity contribution in [3.63, 3.8) is 0 Å². The van der Waals surface area contributed by atoms with E-state index in [0.717, 1.165) is 36.7 Å². The number of carbonyl (C=O) groups is 1. The minimum absolute atomic E-state index is 0.0825. The fraction of sp³-hybridized carbons (Fsp3) is 0.500. The standard InChI is InChI=1S/C20H25N5O3/c1-3-24-15-8-4-5-9-16(15)25(19(24)27)13-10-17(26)22-20(11-6-7-12-20)18-21-14(2)28-23-18/h4-5,8-9H,3,6-7,10-13H2,1-2H3,(H,22,26). The minimum atomic E-state index is -0.558. The number of aromatic nitrogens is 4. The van der Waals surface area contributed by atoms with E-state index in [9.17, 15) is 9.59 Å². The molecule has 1 aliphatic carbocycles. The zero-order chi connectivity index (χ0) is 19.7. The predicted molar refractivity (Wildman–Crippen MR) is 104 cm³/mol. The molecule has 3 aromatic rings. The van der Waals surface area contributed by atoms with Crippen LogP contribution in [0.1, 0.15) is 50.7 Å². The van der Waals surface area contributed by atoms with Crippen molar-refractivity contribution in [1.29, 1.82) is 0 Å². The Hall–Kier alpha value is -2.90. The zero-order valence-electron chi connectivity index (χ0n) is 16.3. The first-order valence-corrected chi connectivity index (χ1v) is 9.84. The maximum atomic E-state index is 12.8. The van der Waals surface area contributed by atoms with Crippen molar-refractivity contribution in [3.05, 3.63) is 46.5 Å². The highest BCUT2D eigenvalue weighted by Gasteiger charge is 2.41. The maximum Gasteiger partial charge on any atom is 0.329 e. The van der Waals surface area contributed by atoms with Gasteiger partial charge in [0.2, 0.25) is 11.8 Å². The largest absolute Gasteiger partial charge is 0.343 e. The second-order valence-corrected chi connectivity index (χ2v) is 7.39. The lowest BCUT2D eigenvalue weighted by Gasteiger charge is -2.26. The summed E-state index contributed by atoms with van der Waals surface area (Å²) in [5, 5.41) is 7.19. The fourth-order valence-corrected chi connectivity index (χ4v) is 4.21. The Morgan fingerprint density at radius 1 is 1.21 bits per heavy atom. The van der Waals surface area contributed by atoms with Gasteiger partial charge < -0.3 is 9.84 Å². The van der Waals surface area contributed by atoms with Crippen molar-refractivity contribution < 1.29 is 9.32 Å². The number of imidazole rings is 1. The minimum Gasteiger partial charge on any atom is -0.343 e. The number of fused-ring (bicyclic) bond motifs is 1. The third kappa shape index (κ3) is 3.12. The predicted octanol–water partition coefficient (Wildman–Crippen LogP) is 2.49. The fourth-order valence-electron chi connectivity index (χ4n) is 4.21. The van der Waals surface area contributed by atoms with E-state index >= 15 is 0 Å². The van der Waals surface area contributed by atoms with E-state index in [-0.39, 0.29) is 18.0 Å². The van der Waals surface area contributed by atoms with E-state index in [0.29, 0.717) is 24.8 Å². The summed E-state index contributed by atoms with van der Waals surface area (Å²) in [5.74, 6) is 0.939. The van der Waals surface area contributed by atoms with Crippen molar-refractivity contribution in [3.8, 4) is 0 Å².